The van der Waals surface area contributed by atoms with Gasteiger partial charge >= 0.3 is 0 Å². The summed E-state index contributed by atoms with van der Waals surface area (Å²) in [6.45, 7) is 6.79. The van der Waals surface area contributed by atoms with E-state index in [-0.39, 0.29) is 11.9 Å². The molecule has 18 heavy (non-hydrogen) atoms. The minimum Gasteiger partial charge on any atom is -0.383 e. The number of hydrogen-bond acceptors (Lipinski definition) is 4. The van der Waals surface area contributed by atoms with Crippen molar-refractivity contribution >= 4 is 5.91 Å². The van der Waals surface area contributed by atoms with Gasteiger partial charge in [0.1, 0.15) is 0 Å². The van der Waals surface area contributed by atoms with Gasteiger partial charge in [-0.05, 0) is 33.1 Å². The summed E-state index contributed by atoms with van der Waals surface area (Å²) in [6, 6.07) is 0.768. The van der Waals surface area contributed by atoms with Gasteiger partial charge in [-0.1, -0.05) is 0 Å². The van der Waals surface area contributed by atoms with Gasteiger partial charge in [-0.15, -0.1) is 0 Å². The molecule has 5 heteroatoms. The van der Waals surface area contributed by atoms with Crippen LogP contribution in [0.15, 0.2) is 0 Å². The summed E-state index contributed by atoms with van der Waals surface area (Å²) in [6.07, 6.45) is 3.11. The van der Waals surface area contributed by atoms with E-state index in [0.717, 1.165) is 26.1 Å². The molecule has 1 fully saturated rings. The molecule has 1 aliphatic carbocycles. The molecule has 1 saturated carbocycles. The van der Waals surface area contributed by atoms with E-state index in [4.69, 9.17) is 10.5 Å². The number of nitrogens with one attached hydrogen (secondary N) is 1. The van der Waals surface area contributed by atoms with Crippen LogP contribution in [0.5, 0.6) is 0 Å². The Morgan fingerprint density at radius 3 is 2.56 bits per heavy atom. The second kappa shape index (κ2) is 7.71. The number of nitrogens with two attached hydrogens (primary N) is 1. The zero-order valence-corrected chi connectivity index (χ0v) is 11.8. The zero-order valence-electron chi connectivity index (χ0n) is 11.8. The SMILES string of the molecule is COCCN(CCC(NC1CC1)C(N)=O)C(C)C. The van der Waals surface area contributed by atoms with Gasteiger partial charge < -0.3 is 15.8 Å². The van der Waals surface area contributed by atoms with Crippen molar-refractivity contribution in [3.8, 4) is 0 Å². The van der Waals surface area contributed by atoms with Crippen LogP contribution in [0.1, 0.15) is 33.1 Å². The lowest BCUT2D eigenvalue weighted by molar-refractivity contribution is -0.120. The Bertz CT molecular complexity index is 255. The standard InChI is InChI=1S/C13H27N3O2/c1-10(2)16(8-9-18-3)7-6-12(13(14)17)15-11-4-5-11/h10-12,15H,4-9H2,1-3H3,(H2,14,17). The maximum atomic E-state index is 11.4. The van der Waals surface area contributed by atoms with Gasteiger partial charge in [0, 0.05) is 32.3 Å². The highest BCUT2D eigenvalue weighted by molar-refractivity contribution is 5.79. The van der Waals surface area contributed by atoms with Gasteiger partial charge in [-0.3, -0.25) is 9.69 Å². The van der Waals surface area contributed by atoms with Gasteiger partial charge in [0.2, 0.25) is 5.91 Å². The van der Waals surface area contributed by atoms with E-state index in [0.29, 0.717) is 12.1 Å². The number of rotatable bonds is 10. The summed E-state index contributed by atoms with van der Waals surface area (Å²) in [5.74, 6) is -0.239. The number of amides is 1. The van der Waals surface area contributed by atoms with Crippen LogP contribution in [0, 0.1) is 0 Å². The Morgan fingerprint density at radius 2 is 2.11 bits per heavy atom. The Morgan fingerprint density at radius 1 is 1.44 bits per heavy atom. The van der Waals surface area contributed by atoms with Crippen molar-refractivity contribution in [2.24, 2.45) is 5.73 Å². The molecule has 0 aromatic heterocycles. The predicted molar refractivity (Wildman–Crippen MR) is 72.3 cm³/mol. The molecule has 0 saturated heterocycles. The van der Waals surface area contributed by atoms with Crippen molar-refractivity contribution in [2.45, 2.75) is 51.2 Å². The lowest BCUT2D eigenvalue weighted by Gasteiger charge is -2.27. The van der Waals surface area contributed by atoms with Gasteiger partial charge in [-0.25, -0.2) is 0 Å². The van der Waals surface area contributed by atoms with E-state index >= 15 is 0 Å². The fraction of sp³-hybridized carbons (Fsp3) is 0.923. The molecule has 1 amide bonds. The highest BCUT2D eigenvalue weighted by Crippen LogP contribution is 2.20. The van der Waals surface area contributed by atoms with E-state index in [1.54, 1.807) is 7.11 Å². The quantitative estimate of drug-likeness (QED) is 0.592. The first-order valence-corrected chi connectivity index (χ1v) is 6.83. The maximum absolute atomic E-state index is 11.4. The minimum atomic E-state index is -0.239. The summed E-state index contributed by atoms with van der Waals surface area (Å²) in [4.78, 5) is 13.7. The van der Waals surface area contributed by atoms with E-state index < -0.39 is 0 Å². The highest BCUT2D eigenvalue weighted by atomic mass is 16.5. The Hall–Kier alpha value is -0.650. The van der Waals surface area contributed by atoms with E-state index in [9.17, 15) is 4.79 Å². The molecule has 3 N–H and O–H groups in total. The molecule has 1 unspecified atom stereocenters. The van der Waals surface area contributed by atoms with Crippen molar-refractivity contribution in [3.63, 3.8) is 0 Å². The highest BCUT2D eigenvalue weighted by Gasteiger charge is 2.27. The molecule has 0 aromatic carbocycles. The van der Waals surface area contributed by atoms with Gasteiger partial charge in [0.15, 0.2) is 0 Å². The fourth-order valence-electron chi connectivity index (χ4n) is 1.97. The third-order valence-corrected chi connectivity index (χ3v) is 3.38. The van der Waals surface area contributed by atoms with E-state index in [2.05, 4.69) is 24.1 Å². The molecule has 5 nitrogen and oxygen atoms in total. The Labute approximate surface area is 110 Å². The molecule has 1 rings (SSSR count). The molecule has 106 valence electrons. The lowest BCUT2D eigenvalue weighted by Crippen LogP contribution is -2.45. The molecule has 1 atom stereocenters. The van der Waals surface area contributed by atoms with Crippen LogP contribution in [0.2, 0.25) is 0 Å². The predicted octanol–water partition coefficient (Wildman–Crippen LogP) is 0.339. The second-order valence-corrected chi connectivity index (χ2v) is 5.31. The van der Waals surface area contributed by atoms with Crippen LogP contribution in [-0.2, 0) is 9.53 Å². The van der Waals surface area contributed by atoms with Crippen LogP contribution in [-0.4, -0.2) is 55.7 Å². The normalized spacial score (nSPS) is 17.4. The third-order valence-electron chi connectivity index (χ3n) is 3.38. The number of nitrogens with zero attached hydrogens (tertiary/aromatic N) is 1. The van der Waals surface area contributed by atoms with Crippen LogP contribution >= 0.6 is 0 Å². The van der Waals surface area contributed by atoms with Crippen molar-refractivity contribution in [1.82, 2.24) is 10.2 Å². The molecule has 0 spiro atoms. The van der Waals surface area contributed by atoms with Crippen molar-refractivity contribution in [3.05, 3.63) is 0 Å². The second-order valence-electron chi connectivity index (χ2n) is 5.31. The van der Waals surface area contributed by atoms with Gasteiger partial charge in [0.25, 0.3) is 0 Å². The monoisotopic (exact) mass is 257 g/mol. The summed E-state index contributed by atoms with van der Waals surface area (Å²) < 4.78 is 5.10. The first kappa shape index (κ1) is 15.4. The number of carbonyl (C=O) groups excluding carboxylic acids is 1. The fourth-order valence-corrected chi connectivity index (χ4v) is 1.97. The van der Waals surface area contributed by atoms with Gasteiger partial charge in [0.05, 0.1) is 12.6 Å². The molecule has 0 bridgehead atoms. The first-order valence-electron chi connectivity index (χ1n) is 6.83. The molecule has 0 heterocycles. The first-order chi connectivity index (χ1) is 8.54. The van der Waals surface area contributed by atoms with Crippen molar-refractivity contribution in [1.29, 1.82) is 0 Å². The largest absolute Gasteiger partial charge is 0.383 e. The lowest BCUT2D eigenvalue weighted by atomic mass is 10.1. The number of carbonyl (C=O) groups is 1. The van der Waals surface area contributed by atoms with Crippen molar-refractivity contribution in [2.75, 3.05) is 26.8 Å². The Balaban J connectivity index is 2.34. The molecule has 0 aromatic rings. The van der Waals surface area contributed by atoms with E-state index in [1.807, 2.05) is 0 Å². The van der Waals surface area contributed by atoms with E-state index in [1.165, 1.54) is 12.8 Å². The van der Waals surface area contributed by atoms with Crippen LogP contribution in [0.3, 0.4) is 0 Å². The smallest absolute Gasteiger partial charge is 0.234 e. The number of ether oxygens (including phenoxy) is 1. The Kier molecular flexibility index (Phi) is 6.60. The van der Waals surface area contributed by atoms with Crippen molar-refractivity contribution < 1.29 is 9.53 Å². The molecular weight excluding hydrogens is 230 g/mol. The molecule has 1 aliphatic rings. The van der Waals surface area contributed by atoms with Crippen LogP contribution < -0.4 is 11.1 Å². The maximum Gasteiger partial charge on any atom is 0.234 e. The average molecular weight is 257 g/mol. The zero-order chi connectivity index (χ0) is 13.5. The summed E-state index contributed by atoms with van der Waals surface area (Å²) >= 11 is 0. The van der Waals surface area contributed by atoms with Crippen LogP contribution in [0.25, 0.3) is 0 Å². The van der Waals surface area contributed by atoms with Gasteiger partial charge in [-0.2, -0.15) is 0 Å². The number of primary amides is 1. The molecule has 0 aliphatic heterocycles. The number of methoxy groups -OCH3 is 1. The number of hydrogen-bond donors (Lipinski definition) is 2. The minimum absolute atomic E-state index is 0.193. The van der Waals surface area contributed by atoms with Crippen LogP contribution in [0.4, 0.5) is 0 Å². The summed E-state index contributed by atoms with van der Waals surface area (Å²) in [5.41, 5.74) is 5.43. The topological polar surface area (TPSA) is 67.6 Å². The molecule has 0 radical (unpaired) electrons. The summed E-state index contributed by atoms with van der Waals surface area (Å²) in [5, 5.41) is 3.31. The summed E-state index contributed by atoms with van der Waals surface area (Å²) in [7, 11) is 1.71. The molecular formula is C13H27N3O2. The third kappa shape index (κ3) is 5.80. The average Bonchev–Trinajstić information content (AvgIpc) is 3.10.